The molecule has 2 aromatic carbocycles. The molecule has 0 bridgehead atoms. The lowest BCUT2D eigenvalue weighted by atomic mass is 10.1. The molecule has 0 spiro atoms. The lowest BCUT2D eigenvalue weighted by Gasteiger charge is -2.10. The minimum absolute atomic E-state index is 0.0560. The van der Waals surface area contributed by atoms with Crippen LogP contribution in [-0.4, -0.2) is 24.0 Å². The van der Waals surface area contributed by atoms with E-state index in [2.05, 4.69) is 10.3 Å². The van der Waals surface area contributed by atoms with Crippen LogP contribution in [0, 0.1) is 11.3 Å². The maximum absolute atomic E-state index is 12.4. The van der Waals surface area contributed by atoms with Crippen LogP contribution >= 0.6 is 0 Å². The number of carbonyl (C=O) groups excluding carboxylic acids is 2. The second-order valence-electron chi connectivity index (χ2n) is 6.37. The number of carbonyl (C=O) groups is 2. The molecule has 7 nitrogen and oxygen atoms in total. The Morgan fingerprint density at radius 2 is 1.81 bits per heavy atom. The number of aromatic nitrogens is 1. The van der Waals surface area contributed by atoms with Gasteiger partial charge in [-0.05, 0) is 41.5 Å². The van der Waals surface area contributed by atoms with Gasteiger partial charge in [-0.1, -0.05) is 36.4 Å². The van der Waals surface area contributed by atoms with Crippen LogP contribution in [0.4, 0.5) is 0 Å². The summed E-state index contributed by atoms with van der Waals surface area (Å²) in [6.07, 6.45) is 4.43. The van der Waals surface area contributed by atoms with E-state index in [1.165, 1.54) is 25.6 Å². The summed E-state index contributed by atoms with van der Waals surface area (Å²) < 4.78 is 10.7. The smallest absolute Gasteiger partial charge is 0.343 e. The van der Waals surface area contributed by atoms with Gasteiger partial charge in [-0.25, -0.2) is 4.79 Å². The molecule has 0 aliphatic heterocycles. The van der Waals surface area contributed by atoms with Crippen molar-refractivity contribution in [2.75, 3.05) is 7.11 Å². The Bertz CT molecular complexity index is 1140. The molecule has 0 atom stereocenters. The lowest BCUT2D eigenvalue weighted by Crippen LogP contribution is -2.23. The summed E-state index contributed by atoms with van der Waals surface area (Å²) >= 11 is 0. The Balaban J connectivity index is 1.74. The fourth-order valence-corrected chi connectivity index (χ4v) is 2.69. The summed E-state index contributed by atoms with van der Waals surface area (Å²) in [5, 5.41) is 12.1. The highest BCUT2D eigenvalue weighted by Gasteiger charge is 2.14. The van der Waals surface area contributed by atoms with Gasteiger partial charge in [0.25, 0.3) is 5.91 Å². The molecule has 3 aromatic rings. The van der Waals surface area contributed by atoms with Gasteiger partial charge in [-0.2, -0.15) is 5.26 Å². The standard InChI is InChI=1S/C24H19N3O4/c1-30-22-14-18(7-8-21(22)31-24(29)19-9-11-26-12-10-19)13-20(15-25)23(28)27-16-17-5-3-2-4-6-17/h2-14H,16H2,1H3,(H,27,28)/b20-13+. The Morgan fingerprint density at radius 3 is 2.48 bits per heavy atom. The van der Waals surface area contributed by atoms with Crippen molar-refractivity contribution in [2.45, 2.75) is 6.54 Å². The van der Waals surface area contributed by atoms with Crippen molar-refractivity contribution in [3.63, 3.8) is 0 Å². The van der Waals surface area contributed by atoms with E-state index in [1.54, 1.807) is 30.3 Å². The van der Waals surface area contributed by atoms with Crippen molar-refractivity contribution in [1.29, 1.82) is 5.26 Å². The fourth-order valence-electron chi connectivity index (χ4n) is 2.69. The van der Waals surface area contributed by atoms with Crippen molar-refractivity contribution in [3.05, 3.63) is 95.3 Å². The predicted molar refractivity (Wildman–Crippen MR) is 114 cm³/mol. The average molecular weight is 413 g/mol. The predicted octanol–water partition coefficient (Wildman–Crippen LogP) is 3.53. The topological polar surface area (TPSA) is 101 Å². The Hall–Kier alpha value is -4.44. The van der Waals surface area contributed by atoms with E-state index >= 15 is 0 Å². The zero-order valence-electron chi connectivity index (χ0n) is 16.7. The number of hydrogen-bond acceptors (Lipinski definition) is 6. The van der Waals surface area contributed by atoms with Crippen molar-refractivity contribution in [1.82, 2.24) is 10.3 Å². The molecule has 154 valence electrons. The quantitative estimate of drug-likeness (QED) is 0.275. The van der Waals surface area contributed by atoms with Crippen LogP contribution in [0.2, 0.25) is 0 Å². The van der Waals surface area contributed by atoms with Gasteiger partial charge in [0.2, 0.25) is 0 Å². The third kappa shape index (κ3) is 5.78. The minimum atomic E-state index is -0.554. The van der Waals surface area contributed by atoms with Crippen molar-refractivity contribution in [2.24, 2.45) is 0 Å². The van der Waals surface area contributed by atoms with Gasteiger partial charge in [0.1, 0.15) is 11.6 Å². The fraction of sp³-hybridized carbons (Fsp3) is 0.0833. The lowest BCUT2D eigenvalue weighted by molar-refractivity contribution is -0.117. The number of ether oxygens (including phenoxy) is 2. The molecule has 0 unspecified atom stereocenters. The first-order chi connectivity index (χ1) is 15.1. The van der Waals surface area contributed by atoms with Crippen molar-refractivity contribution < 1.29 is 19.1 Å². The second kappa shape index (κ2) is 10.4. The van der Waals surface area contributed by atoms with Crippen LogP contribution < -0.4 is 14.8 Å². The van der Waals surface area contributed by atoms with Gasteiger partial charge in [-0.3, -0.25) is 9.78 Å². The third-order valence-electron chi connectivity index (χ3n) is 4.28. The van der Waals surface area contributed by atoms with Gasteiger partial charge in [0.15, 0.2) is 11.5 Å². The number of nitrogens with zero attached hydrogens (tertiary/aromatic N) is 2. The zero-order chi connectivity index (χ0) is 22.1. The van der Waals surface area contributed by atoms with E-state index in [0.717, 1.165) is 5.56 Å². The molecule has 1 amide bonds. The first kappa shape index (κ1) is 21.3. The summed E-state index contributed by atoms with van der Waals surface area (Å²) in [6.45, 7) is 0.311. The first-order valence-electron chi connectivity index (χ1n) is 9.35. The van der Waals surface area contributed by atoms with Crippen molar-refractivity contribution in [3.8, 4) is 17.6 Å². The Kier molecular flexibility index (Phi) is 7.12. The van der Waals surface area contributed by atoms with Crippen LogP contribution in [0.25, 0.3) is 6.08 Å². The number of hydrogen-bond donors (Lipinski definition) is 1. The number of pyridine rings is 1. The molecule has 0 saturated carbocycles. The van der Waals surface area contributed by atoms with E-state index in [0.29, 0.717) is 17.7 Å². The minimum Gasteiger partial charge on any atom is -0.493 e. The molecular formula is C24H19N3O4. The highest BCUT2D eigenvalue weighted by molar-refractivity contribution is 6.01. The summed E-state index contributed by atoms with van der Waals surface area (Å²) in [5.74, 6) is -0.535. The molecule has 0 radical (unpaired) electrons. The molecule has 0 aliphatic rings. The molecule has 0 saturated heterocycles. The number of methoxy groups -OCH3 is 1. The summed E-state index contributed by atoms with van der Waals surface area (Å²) in [7, 11) is 1.43. The van der Waals surface area contributed by atoms with Gasteiger partial charge in [0, 0.05) is 18.9 Å². The van der Waals surface area contributed by atoms with E-state index in [4.69, 9.17) is 9.47 Å². The molecule has 1 N–H and O–H groups in total. The zero-order valence-corrected chi connectivity index (χ0v) is 16.7. The summed E-state index contributed by atoms with van der Waals surface area (Å²) in [6, 6.07) is 19.1. The molecule has 1 aromatic heterocycles. The van der Waals surface area contributed by atoms with Crippen LogP contribution in [-0.2, 0) is 11.3 Å². The van der Waals surface area contributed by atoms with Gasteiger partial charge in [-0.15, -0.1) is 0 Å². The normalized spacial score (nSPS) is 10.6. The van der Waals surface area contributed by atoms with E-state index in [-0.39, 0.29) is 17.1 Å². The maximum Gasteiger partial charge on any atom is 0.343 e. The Labute approximate surface area is 179 Å². The van der Waals surface area contributed by atoms with Crippen LogP contribution in [0.15, 0.2) is 78.6 Å². The van der Waals surface area contributed by atoms with E-state index in [1.807, 2.05) is 36.4 Å². The number of benzene rings is 2. The van der Waals surface area contributed by atoms with E-state index < -0.39 is 11.9 Å². The number of nitrogens with one attached hydrogen (secondary N) is 1. The van der Waals surface area contributed by atoms with E-state index in [9.17, 15) is 14.9 Å². The third-order valence-corrected chi connectivity index (χ3v) is 4.28. The molecule has 3 rings (SSSR count). The maximum atomic E-state index is 12.4. The molecule has 0 fully saturated rings. The van der Waals surface area contributed by atoms with Crippen molar-refractivity contribution >= 4 is 18.0 Å². The highest BCUT2D eigenvalue weighted by Crippen LogP contribution is 2.29. The average Bonchev–Trinajstić information content (AvgIpc) is 2.82. The van der Waals surface area contributed by atoms with Gasteiger partial charge < -0.3 is 14.8 Å². The van der Waals surface area contributed by atoms with Gasteiger partial charge in [0.05, 0.1) is 12.7 Å². The SMILES string of the molecule is COc1cc(/C=C(\C#N)C(=O)NCc2ccccc2)ccc1OC(=O)c1ccncc1. The number of amides is 1. The first-order valence-corrected chi connectivity index (χ1v) is 9.35. The van der Waals surface area contributed by atoms with Crippen LogP contribution in [0.1, 0.15) is 21.5 Å². The highest BCUT2D eigenvalue weighted by atomic mass is 16.6. The molecule has 0 aliphatic carbocycles. The molecule has 31 heavy (non-hydrogen) atoms. The summed E-state index contributed by atoms with van der Waals surface area (Å²) in [5.41, 5.74) is 1.77. The van der Waals surface area contributed by atoms with Crippen LogP contribution in [0.5, 0.6) is 11.5 Å². The monoisotopic (exact) mass is 413 g/mol. The number of nitriles is 1. The van der Waals surface area contributed by atoms with Crippen LogP contribution in [0.3, 0.4) is 0 Å². The Morgan fingerprint density at radius 1 is 1.06 bits per heavy atom. The number of rotatable bonds is 7. The molecule has 1 heterocycles. The summed E-state index contributed by atoms with van der Waals surface area (Å²) in [4.78, 5) is 28.5. The second-order valence-corrected chi connectivity index (χ2v) is 6.37. The largest absolute Gasteiger partial charge is 0.493 e. The van der Waals surface area contributed by atoms with Gasteiger partial charge >= 0.3 is 5.97 Å². The molecular weight excluding hydrogens is 394 g/mol. The number of esters is 1. The molecule has 7 heteroatoms.